The molecule has 2 aromatic rings. The molecule has 0 unspecified atom stereocenters. The zero-order valence-corrected chi connectivity index (χ0v) is 20.0. The normalized spacial score (nSPS) is 15.4. The van der Waals surface area contributed by atoms with Gasteiger partial charge >= 0.3 is 0 Å². The van der Waals surface area contributed by atoms with Gasteiger partial charge in [0.15, 0.2) is 0 Å². The van der Waals surface area contributed by atoms with Crippen LogP contribution in [-0.4, -0.2) is 34.1 Å². The number of rotatable bonds is 7. The van der Waals surface area contributed by atoms with Gasteiger partial charge in [0.05, 0.1) is 28.3 Å². The summed E-state index contributed by atoms with van der Waals surface area (Å²) in [4.78, 5) is 14.8. The largest absolute Gasteiger partial charge is 0.493 e. The van der Waals surface area contributed by atoms with E-state index in [0.717, 1.165) is 11.1 Å². The Bertz CT molecular complexity index is 1130. The molecule has 1 aliphatic heterocycles. The molecular weight excluding hydrogens is 428 g/mol. The summed E-state index contributed by atoms with van der Waals surface area (Å²) in [5, 5.41) is 0. The van der Waals surface area contributed by atoms with Crippen molar-refractivity contribution in [1.29, 1.82) is 0 Å². The Balaban J connectivity index is 1.98. The molecule has 1 heterocycles. The van der Waals surface area contributed by atoms with Crippen LogP contribution < -0.4 is 19.1 Å². The fraction of sp³-hybridized carbons (Fsp3) is 0.375. The van der Waals surface area contributed by atoms with Gasteiger partial charge in [0, 0.05) is 6.54 Å². The first-order chi connectivity index (χ1) is 15.0. The van der Waals surface area contributed by atoms with Crippen molar-refractivity contribution in [3.8, 4) is 11.5 Å². The van der Waals surface area contributed by atoms with Crippen LogP contribution in [0.4, 0.5) is 11.4 Å². The van der Waals surface area contributed by atoms with Crippen LogP contribution in [0.15, 0.2) is 47.9 Å². The lowest BCUT2D eigenvalue weighted by atomic mass is 9.93. The number of aryl methyl sites for hydroxylation is 2. The Kier molecular flexibility index (Phi) is 6.55. The van der Waals surface area contributed by atoms with Crippen LogP contribution in [-0.2, 0) is 14.8 Å². The Morgan fingerprint density at radius 1 is 1.22 bits per heavy atom. The maximum atomic E-state index is 13.1. The van der Waals surface area contributed by atoms with Gasteiger partial charge in [-0.3, -0.25) is 9.52 Å². The predicted octanol–water partition coefficient (Wildman–Crippen LogP) is 4.44. The lowest BCUT2D eigenvalue weighted by molar-refractivity contribution is -0.127. The van der Waals surface area contributed by atoms with Gasteiger partial charge < -0.3 is 14.4 Å². The van der Waals surface area contributed by atoms with Crippen molar-refractivity contribution in [3.05, 3.63) is 54.1 Å². The molecule has 2 aromatic carbocycles. The lowest BCUT2D eigenvalue weighted by Crippen LogP contribution is -2.42. The predicted molar refractivity (Wildman–Crippen MR) is 126 cm³/mol. The molecule has 1 amide bonds. The molecule has 0 fully saturated rings. The number of anilines is 2. The van der Waals surface area contributed by atoms with Crippen LogP contribution in [0.2, 0.25) is 0 Å². The molecule has 0 radical (unpaired) electrons. The van der Waals surface area contributed by atoms with E-state index in [4.69, 9.17) is 9.47 Å². The summed E-state index contributed by atoms with van der Waals surface area (Å²) in [5.74, 6) is 1.09. The number of carbonyl (C=O) groups is 1. The van der Waals surface area contributed by atoms with Gasteiger partial charge in [0.1, 0.15) is 18.1 Å². The fourth-order valence-electron chi connectivity index (χ4n) is 3.67. The molecule has 7 nitrogen and oxygen atoms in total. The van der Waals surface area contributed by atoms with Crippen molar-refractivity contribution >= 4 is 27.3 Å². The number of sulfonamides is 1. The first-order valence-electron chi connectivity index (χ1n) is 10.5. The average molecular weight is 459 g/mol. The van der Waals surface area contributed by atoms with Crippen molar-refractivity contribution < 1.29 is 22.7 Å². The van der Waals surface area contributed by atoms with Gasteiger partial charge in [0.25, 0.3) is 10.0 Å². The Morgan fingerprint density at radius 3 is 2.47 bits per heavy atom. The number of carbonyl (C=O) groups excluding carboxylic acids is 1. The number of benzene rings is 2. The quantitative estimate of drug-likeness (QED) is 0.620. The highest BCUT2D eigenvalue weighted by atomic mass is 32.2. The van der Waals surface area contributed by atoms with Crippen molar-refractivity contribution in [2.24, 2.45) is 5.41 Å². The molecule has 0 saturated carbocycles. The van der Waals surface area contributed by atoms with Crippen LogP contribution in [0.3, 0.4) is 0 Å². The molecule has 0 bridgehead atoms. The summed E-state index contributed by atoms with van der Waals surface area (Å²) < 4.78 is 40.3. The average Bonchev–Trinajstić information content (AvgIpc) is 2.80. The lowest BCUT2D eigenvalue weighted by Gasteiger charge is -2.27. The molecule has 3 rings (SSSR count). The Hall–Kier alpha value is -3.00. The van der Waals surface area contributed by atoms with Crippen LogP contribution in [0.5, 0.6) is 11.5 Å². The molecule has 32 heavy (non-hydrogen) atoms. The van der Waals surface area contributed by atoms with Gasteiger partial charge in [-0.15, -0.1) is 6.58 Å². The van der Waals surface area contributed by atoms with E-state index in [1.807, 2.05) is 34.6 Å². The smallest absolute Gasteiger partial charge is 0.261 e. The molecule has 0 saturated heterocycles. The SMILES string of the molecule is C=CCN1C(=O)C(C)(C)COc2ccc(NS(=O)(=O)c3cc(C)c(OCC)c(C)c3)cc21. The summed E-state index contributed by atoms with van der Waals surface area (Å²) >= 11 is 0. The summed E-state index contributed by atoms with van der Waals surface area (Å²) in [6, 6.07) is 8.09. The minimum absolute atomic E-state index is 0.117. The highest BCUT2D eigenvalue weighted by Crippen LogP contribution is 2.38. The third-order valence-electron chi connectivity index (χ3n) is 5.26. The molecule has 8 heteroatoms. The van der Waals surface area contributed by atoms with E-state index in [0.29, 0.717) is 29.5 Å². The number of amides is 1. The van der Waals surface area contributed by atoms with Crippen LogP contribution in [0.25, 0.3) is 0 Å². The van der Waals surface area contributed by atoms with E-state index >= 15 is 0 Å². The molecule has 1 aliphatic rings. The number of fused-ring (bicyclic) bond motifs is 1. The van der Waals surface area contributed by atoms with Crippen molar-refractivity contribution in [2.75, 3.05) is 29.4 Å². The number of hydrogen-bond donors (Lipinski definition) is 1. The molecular formula is C24H30N2O5S. The fourth-order valence-corrected chi connectivity index (χ4v) is 4.89. The zero-order valence-electron chi connectivity index (χ0n) is 19.2. The number of hydrogen-bond acceptors (Lipinski definition) is 5. The van der Waals surface area contributed by atoms with Gasteiger partial charge in [0.2, 0.25) is 5.91 Å². The zero-order chi connectivity index (χ0) is 23.7. The summed E-state index contributed by atoms with van der Waals surface area (Å²) in [5.41, 5.74) is 1.59. The first kappa shape index (κ1) is 23.7. The van der Waals surface area contributed by atoms with E-state index in [1.54, 1.807) is 41.3 Å². The summed E-state index contributed by atoms with van der Waals surface area (Å²) in [6.07, 6.45) is 1.63. The second kappa shape index (κ2) is 8.86. The second-order valence-electron chi connectivity index (χ2n) is 8.48. The van der Waals surface area contributed by atoms with Gasteiger partial charge in [-0.25, -0.2) is 8.42 Å². The van der Waals surface area contributed by atoms with E-state index in [2.05, 4.69) is 11.3 Å². The number of ether oxygens (including phenoxy) is 2. The Morgan fingerprint density at radius 2 is 1.88 bits per heavy atom. The molecule has 0 aromatic heterocycles. The third-order valence-corrected chi connectivity index (χ3v) is 6.62. The van der Waals surface area contributed by atoms with Gasteiger partial charge in [-0.2, -0.15) is 0 Å². The second-order valence-corrected chi connectivity index (χ2v) is 10.2. The van der Waals surface area contributed by atoms with Crippen molar-refractivity contribution in [2.45, 2.75) is 39.5 Å². The summed E-state index contributed by atoms with van der Waals surface area (Å²) in [6.45, 7) is 13.9. The topological polar surface area (TPSA) is 84.9 Å². The van der Waals surface area contributed by atoms with E-state index in [9.17, 15) is 13.2 Å². The van der Waals surface area contributed by atoms with E-state index in [1.165, 1.54) is 0 Å². The number of nitrogens with zero attached hydrogens (tertiary/aromatic N) is 1. The van der Waals surface area contributed by atoms with Crippen LogP contribution in [0, 0.1) is 19.3 Å². The highest BCUT2D eigenvalue weighted by Gasteiger charge is 2.37. The molecule has 0 aliphatic carbocycles. The molecule has 1 N–H and O–H groups in total. The highest BCUT2D eigenvalue weighted by molar-refractivity contribution is 7.92. The third kappa shape index (κ3) is 4.60. The minimum atomic E-state index is -3.86. The first-order valence-corrected chi connectivity index (χ1v) is 11.9. The molecule has 172 valence electrons. The molecule has 0 spiro atoms. The van der Waals surface area contributed by atoms with Crippen LogP contribution >= 0.6 is 0 Å². The maximum absolute atomic E-state index is 13.1. The Labute approximate surface area is 190 Å². The van der Waals surface area contributed by atoms with Crippen molar-refractivity contribution in [3.63, 3.8) is 0 Å². The minimum Gasteiger partial charge on any atom is -0.493 e. The summed E-state index contributed by atoms with van der Waals surface area (Å²) in [7, 11) is -3.86. The van der Waals surface area contributed by atoms with Gasteiger partial charge in [-0.1, -0.05) is 6.08 Å². The van der Waals surface area contributed by atoms with E-state index in [-0.39, 0.29) is 24.0 Å². The van der Waals surface area contributed by atoms with Crippen LogP contribution in [0.1, 0.15) is 31.9 Å². The molecule has 0 atom stereocenters. The van der Waals surface area contributed by atoms with Gasteiger partial charge in [-0.05, 0) is 76.1 Å². The van der Waals surface area contributed by atoms with Crippen molar-refractivity contribution in [1.82, 2.24) is 0 Å². The number of nitrogens with one attached hydrogen (secondary N) is 1. The van der Waals surface area contributed by atoms with E-state index < -0.39 is 15.4 Å². The maximum Gasteiger partial charge on any atom is 0.261 e. The monoisotopic (exact) mass is 458 g/mol. The standard InChI is InChI=1S/C24H30N2O5S/c1-7-11-26-20-14-18(9-10-21(20)31-15-24(5,6)23(26)27)25-32(28,29)19-12-16(3)22(30-8-2)17(4)13-19/h7,9-10,12-14,25H,1,8,11,15H2,2-6H3.